The van der Waals surface area contributed by atoms with Gasteiger partial charge in [0.1, 0.15) is 5.75 Å². The molecule has 0 amide bonds. The standard InChI is InChI=1S/C17H21NO3S/c1-4-21-17-11-10-16(12-13(17)2)22(19,20)18-14(3)15-8-6-5-7-9-15/h5-12,14,18H,4H2,1-3H3. The first-order chi connectivity index (χ1) is 10.4. The summed E-state index contributed by atoms with van der Waals surface area (Å²) in [5, 5.41) is 0. The van der Waals surface area contributed by atoms with Crippen molar-refractivity contribution in [2.45, 2.75) is 31.7 Å². The molecule has 4 nitrogen and oxygen atoms in total. The van der Waals surface area contributed by atoms with Crippen LogP contribution in [0.2, 0.25) is 0 Å². The van der Waals surface area contributed by atoms with Gasteiger partial charge in [0.15, 0.2) is 0 Å². The van der Waals surface area contributed by atoms with Gasteiger partial charge in [-0.3, -0.25) is 0 Å². The van der Waals surface area contributed by atoms with E-state index in [0.717, 1.165) is 11.1 Å². The van der Waals surface area contributed by atoms with Gasteiger partial charge >= 0.3 is 0 Å². The number of rotatable bonds is 6. The van der Waals surface area contributed by atoms with Crippen molar-refractivity contribution in [2.75, 3.05) is 6.61 Å². The minimum Gasteiger partial charge on any atom is -0.494 e. The third-order valence-corrected chi connectivity index (χ3v) is 4.93. The summed E-state index contributed by atoms with van der Waals surface area (Å²) in [7, 11) is -3.57. The van der Waals surface area contributed by atoms with Crippen molar-refractivity contribution in [1.29, 1.82) is 0 Å². The number of sulfonamides is 1. The van der Waals surface area contributed by atoms with Crippen LogP contribution in [0.15, 0.2) is 53.4 Å². The van der Waals surface area contributed by atoms with E-state index in [1.807, 2.05) is 51.1 Å². The molecule has 0 fully saturated rings. The van der Waals surface area contributed by atoms with Gasteiger partial charge in [-0.1, -0.05) is 30.3 Å². The summed E-state index contributed by atoms with van der Waals surface area (Å²) in [5.74, 6) is 0.706. The fourth-order valence-electron chi connectivity index (χ4n) is 2.22. The zero-order valence-electron chi connectivity index (χ0n) is 13.0. The van der Waals surface area contributed by atoms with E-state index in [4.69, 9.17) is 4.74 Å². The molecule has 0 aliphatic rings. The fraction of sp³-hybridized carbons (Fsp3) is 0.294. The Morgan fingerprint density at radius 2 is 1.82 bits per heavy atom. The second-order valence-electron chi connectivity index (χ2n) is 5.11. The molecule has 0 saturated carbocycles. The highest BCUT2D eigenvalue weighted by Gasteiger charge is 2.19. The van der Waals surface area contributed by atoms with Crippen molar-refractivity contribution in [2.24, 2.45) is 0 Å². The van der Waals surface area contributed by atoms with E-state index in [-0.39, 0.29) is 10.9 Å². The smallest absolute Gasteiger partial charge is 0.241 e. The Hall–Kier alpha value is -1.85. The molecule has 1 unspecified atom stereocenters. The molecule has 5 heteroatoms. The van der Waals surface area contributed by atoms with Crippen molar-refractivity contribution in [1.82, 2.24) is 4.72 Å². The molecular formula is C17H21NO3S. The van der Waals surface area contributed by atoms with Crippen LogP contribution in [0, 0.1) is 6.92 Å². The lowest BCUT2D eigenvalue weighted by molar-refractivity contribution is 0.337. The molecule has 2 rings (SSSR count). The van der Waals surface area contributed by atoms with E-state index in [2.05, 4.69) is 4.72 Å². The maximum absolute atomic E-state index is 12.5. The number of aryl methyl sites for hydroxylation is 1. The molecule has 0 bridgehead atoms. The topological polar surface area (TPSA) is 55.4 Å². The minimum atomic E-state index is -3.57. The largest absolute Gasteiger partial charge is 0.494 e. The number of ether oxygens (including phenoxy) is 1. The normalized spacial score (nSPS) is 12.9. The molecule has 0 radical (unpaired) electrons. The Balaban J connectivity index is 2.22. The molecule has 1 atom stereocenters. The number of hydrogen-bond donors (Lipinski definition) is 1. The van der Waals surface area contributed by atoms with Crippen LogP contribution in [0.1, 0.15) is 31.0 Å². The van der Waals surface area contributed by atoms with Crippen LogP contribution >= 0.6 is 0 Å². The molecule has 0 saturated heterocycles. The number of benzene rings is 2. The predicted octanol–water partition coefficient (Wildman–Crippen LogP) is 3.43. The number of nitrogens with one attached hydrogen (secondary N) is 1. The van der Waals surface area contributed by atoms with Crippen molar-refractivity contribution in [3.63, 3.8) is 0 Å². The van der Waals surface area contributed by atoms with E-state index in [0.29, 0.717) is 12.4 Å². The molecule has 0 spiro atoms. The highest BCUT2D eigenvalue weighted by molar-refractivity contribution is 7.89. The highest BCUT2D eigenvalue weighted by atomic mass is 32.2. The van der Waals surface area contributed by atoms with Crippen LogP contribution in [0.4, 0.5) is 0 Å². The summed E-state index contributed by atoms with van der Waals surface area (Å²) in [5.41, 5.74) is 1.73. The van der Waals surface area contributed by atoms with Crippen LogP contribution in [-0.2, 0) is 10.0 Å². The molecule has 0 heterocycles. The SMILES string of the molecule is CCOc1ccc(S(=O)(=O)NC(C)c2ccccc2)cc1C. The van der Waals surface area contributed by atoms with E-state index in [1.54, 1.807) is 18.2 Å². The fourth-order valence-corrected chi connectivity index (χ4v) is 3.53. The lowest BCUT2D eigenvalue weighted by atomic mass is 10.1. The molecule has 22 heavy (non-hydrogen) atoms. The molecule has 118 valence electrons. The van der Waals surface area contributed by atoms with Gasteiger partial charge in [-0.25, -0.2) is 13.1 Å². The third kappa shape index (κ3) is 3.87. The molecule has 0 aliphatic heterocycles. The molecule has 2 aromatic rings. The quantitative estimate of drug-likeness (QED) is 0.887. The molecular weight excluding hydrogens is 298 g/mol. The van der Waals surface area contributed by atoms with Gasteiger partial charge in [-0.2, -0.15) is 0 Å². The zero-order chi connectivity index (χ0) is 16.2. The Bertz CT molecular complexity index is 727. The lowest BCUT2D eigenvalue weighted by Gasteiger charge is -2.15. The van der Waals surface area contributed by atoms with Crippen molar-refractivity contribution in [3.05, 3.63) is 59.7 Å². The number of hydrogen-bond acceptors (Lipinski definition) is 3. The Kier molecular flexibility index (Phi) is 5.21. The Labute approximate surface area is 132 Å². The molecule has 0 aliphatic carbocycles. The second-order valence-corrected chi connectivity index (χ2v) is 6.83. The van der Waals surface area contributed by atoms with E-state index >= 15 is 0 Å². The van der Waals surface area contributed by atoms with Crippen LogP contribution in [0.25, 0.3) is 0 Å². The first kappa shape index (κ1) is 16.5. The second kappa shape index (κ2) is 6.94. The average molecular weight is 319 g/mol. The maximum atomic E-state index is 12.5. The third-order valence-electron chi connectivity index (χ3n) is 3.39. The van der Waals surface area contributed by atoms with Crippen LogP contribution in [0.5, 0.6) is 5.75 Å². The van der Waals surface area contributed by atoms with Gasteiger partial charge in [0.2, 0.25) is 10.0 Å². The van der Waals surface area contributed by atoms with Gasteiger partial charge in [0.05, 0.1) is 11.5 Å². The van der Waals surface area contributed by atoms with E-state index in [9.17, 15) is 8.42 Å². The van der Waals surface area contributed by atoms with Gasteiger partial charge in [-0.05, 0) is 50.1 Å². The lowest BCUT2D eigenvalue weighted by Crippen LogP contribution is -2.26. The van der Waals surface area contributed by atoms with E-state index in [1.165, 1.54) is 0 Å². The van der Waals surface area contributed by atoms with Gasteiger partial charge < -0.3 is 4.74 Å². The summed E-state index contributed by atoms with van der Waals surface area (Å²) in [4.78, 5) is 0.247. The van der Waals surface area contributed by atoms with Crippen molar-refractivity contribution < 1.29 is 13.2 Å². The first-order valence-electron chi connectivity index (χ1n) is 7.24. The minimum absolute atomic E-state index is 0.247. The van der Waals surface area contributed by atoms with Gasteiger partial charge in [-0.15, -0.1) is 0 Å². The zero-order valence-corrected chi connectivity index (χ0v) is 13.9. The Morgan fingerprint density at radius 1 is 1.14 bits per heavy atom. The first-order valence-corrected chi connectivity index (χ1v) is 8.73. The van der Waals surface area contributed by atoms with Gasteiger partial charge in [0.25, 0.3) is 0 Å². The summed E-state index contributed by atoms with van der Waals surface area (Å²) in [6.07, 6.45) is 0. The summed E-state index contributed by atoms with van der Waals surface area (Å²) in [6, 6.07) is 14.1. The summed E-state index contributed by atoms with van der Waals surface area (Å²) in [6.45, 7) is 6.11. The predicted molar refractivity (Wildman–Crippen MR) is 87.5 cm³/mol. The van der Waals surface area contributed by atoms with E-state index < -0.39 is 10.0 Å². The summed E-state index contributed by atoms with van der Waals surface area (Å²) < 4.78 is 33.1. The monoisotopic (exact) mass is 319 g/mol. The Morgan fingerprint density at radius 3 is 2.41 bits per heavy atom. The van der Waals surface area contributed by atoms with Crippen molar-refractivity contribution >= 4 is 10.0 Å². The van der Waals surface area contributed by atoms with Crippen LogP contribution < -0.4 is 9.46 Å². The summed E-state index contributed by atoms with van der Waals surface area (Å²) >= 11 is 0. The van der Waals surface area contributed by atoms with Crippen LogP contribution in [-0.4, -0.2) is 15.0 Å². The maximum Gasteiger partial charge on any atom is 0.241 e. The molecule has 1 N–H and O–H groups in total. The highest BCUT2D eigenvalue weighted by Crippen LogP contribution is 2.23. The average Bonchev–Trinajstić information content (AvgIpc) is 2.50. The van der Waals surface area contributed by atoms with Crippen molar-refractivity contribution in [3.8, 4) is 5.75 Å². The molecule has 2 aromatic carbocycles. The van der Waals surface area contributed by atoms with Gasteiger partial charge in [0, 0.05) is 6.04 Å². The van der Waals surface area contributed by atoms with Crippen LogP contribution in [0.3, 0.4) is 0 Å². The molecule has 0 aromatic heterocycles.